The van der Waals surface area contributed by atoms with Gasteiger partial charge in [-0.1, -0.05) is 6.92 Å². The van der Waals surface area contributed by atoms with E-state index in [-0.39, 0.29) is 16.7 Å². The molecule has 7 rings (SSSR count). The summed E-state index contributed by atoms with van der Waals surface area (Å²) in [7, 11) is 0. The molecular weight excluding hydrogens is 269 g/mol. The van der Waals surface area contributed by atoms with Crippen LogP contribution in [0.5, 0.6) is 0 Å². The maximum absolute atomic E-state index is 15.2. The maximum atomic E-state index is 15.2. The minimum absolute atomic E-state index is 0.194. The lowest BCUT2D eigenvalue weighted by Crippen LogP contribution is -2.61. The molecule has 20 heavy (non-hydrogen) atoms. The van der Waals surface area contributed by atoms with E-state index in [0.717, 1.165) is 17.2 Å². The Morgan fingerprint density at radius 1 is 1.35 bits per heavy atom. The molecule has 1 nitrogen and oxygen atoms in total. The van der Waals surface area contributed by atoms with Gasteiger partial charge in [0.15, 0.2) is 0 Å². The minimum atomic E-state index is -0.251. The first-order valence-corrected chi connectivity index (χ1v) is 8.86. The molecular formula is C17H16FNS. The molecule has 0 radical (unpaired) electrons. The van der Waals surface area contributed by atoms with Gasteiger partial charge in [-0.15, -0.1) is 11.3 Å². The summed E-state index contributed by atoms with van der Waals surface area (Å²) in [5.74, 6) is 1.68. The van der Waals surface area contributed by atoms with Gasteiger partial charge in [0.05, 0.1) is 21.0 Å². The molecule has 0 saturated heterocycles. The van der Waals surface area contributed by atoms with Crippen molar-refractivity contribution in [3.8, 4) is 0 Å². The summed E-state index contributed by atoms with van der Waals surface area (Å²) in [6, 6.07) is 0. The second-order valence-electron chi connectivity index (χ2n) is 8.21. The van der Waals surface area contributed by atoms with E-state index in [1.165, 1.54) is 36.4 Å². The van der Waals surface area contributed by atoms with Gasteiger partial charge >= 0.3 is 0 Å². The highest BCUT2D eigenvalue weighted by Gasteiger charge is 3.09. The molecule has 102 valence electrons. The molecule has 3 heteroatoms. The highest BCUT2D eigenvalue weighted by atomic mass is 32.1. The number of allylic oxidation sites excluding steroid dienone is 1. The standard InChI is InChI=1S/C17H16FNS/c1-8-2-4-14-7-12-19-13-9(20-12)6-11(18)16(13)15(17(8,14)16)5-3-10(14)15/h6,8,10H,2-5,7H2,1H3. The zero-order valence-corrected chi connectivity index (χ0v) is 12.3. The number of rotatable bonds is 0. The van der Waals surface area contributed by atoms with Crippen molar-refractivity contribution in [2.75, 3.05) is 0 Å². The molecule has 2 heterocycles. The van der Waals surface area contributed by atoms with Gasteiger partial charge in [-0.3, -0.25) is 0 Å². The van der Waals surface area contributed by atoms with Crippen LogP contribution in [0.3, 0.4) is 0 Å². The number of aromatic nitrogens is 1. The first-order valence-electron chi connectivity index (χ1n) is 8.05. The van der Waals surface area contributed by atoms with E-state index in [1.54, 1.807) is 11.3 Å². The van der Waals surface area contributed by atoms with E-state index in [2.05, 4.69) is 6.92 Å². The number of hydrogen-bond donors (Lipinski definition) is 0. The average Bonchev–Trinajstić information content (AvgIpc) is 2.56. The Kier molecular flexibility index (Phi) is 1.14. The normalized spacial score (nSPS) is 61.6. The molecule has 0 amide bonds. The van der Waals surface area contributed by atoms with Gasteiger partial charge in [-0.05, 0) is 54.4 Å². The zero-order chi connectivity index (χ0) is 13.1. The Balaban J connectivity index is 1.71. The lowest BCUT2D eigenvalue weighted by molar-refractivity contribution is -0.179. The van der Waals surface area contributed by atoms with Gasteiger partial charge in [0.2, 0.25) is 0 Å². The molecule has 1 aliphatic heterocycles. The largest absolute Gasteiger partial charge is 0.245 e. The van der Waals surface area contributed by atoms with Crippen LogP contribution in [0.25, 0.3) is 6.08 Å². The maximum Gasteiger partial charge on any atom is 0.115 e. The van der Waals surface area contributed by atoms with Crippen molar-refractivity contribution in [3.63, 3.8) is 0 Å². The Bertz CT molecular complexity index is 780. The number of fused-ring (bicyclic) bond motifs is 1. The third-order valence-corrected chi connectivity index (χ3v) is 9.68. The van der Waals surface area contributed by atoms with Crippen LogP contribution in [-0.4, -0.2) is 4.98 Å². The third-order valence-electron chi connectivity index (χ3n) is 8.67. The molecule has 3 spiro atoms. The van der Waals surface area contributed by atoms with Crippen molar-refractivity contribution in [1.82, 2.24) is 4.98 Å². The first-order chi connectivity index (χ1) is 9.67. The van der Waals surface area contributed by atoms with Gasteiger partial charge in [0.1, 0.15) is 5.83 Å². The summed E-state index contributed by atoms with van der Waals surface area (Å²) >= 11 is 1.78. The highest BCUT2D eigenvalue weighted by molar-refractivity contribution is 7.12. The Morgan fingerprint density at radius 3 is 3.05 bits per heavy atom. The minimum Gasteiger partial charge on any atom is -0.245 e. The molecule has 6 aliphatic rings. The Morgan fingerprint density at radius 2 is 2.25 bits per heavy atom. The van der Waals surface area contributed by atoms with Crippen LogP contribution < -0.4 is 0 Å². The fraction of sp³-hybridized carbons (Fsp3) is 0.706. The Labute approximate surface area is 121 Å². The summed E-state index contributed by atoms with van der Waals surface area (Å²) in [6.07, 6.45) is 8.27. The predicted octanol–water partition coefficient (Wildman–Crippen LogP) is 4.09. The second kappa shape index (κ2) is 2.25. The smallest absolute Gasteiger partial charge is 0.115 e. The summed E-state index contributed by atoms with van der Waals surface area (Å²) < 4.78 is 15.2. The number of thiazole rings is 1. The fourth-order valence-corrected chi connectivity index (χ4v) is 10.1. The van der Waals surface area contributed by atoms with Gasteiger partial charge < -0.3 is 0 Å². The zero-order valence-electron chi connectivity index (χ0n) is 11.5. The van der Waals surface area contributed by atoms with E-state index >= 15 is 4.39 Å². The lowest BCUT2D eigenvalue weighted by Gasteiger charge is -2.65. The van der Waals surface area contributed by atoms with Crippen LogP contribution in [0, 0.1) is 28.1 Å². The van der Waals surface area contributed by atoms with E-state index < -0.39 is 0 Å². The van der Waals surface area contributed by atoms with Crippen LogP contribution in [0.15, 0.2) is 5.83 Å². The summed E-state index contributed by atoms with van der Waals surface area (Å²) in [5, 5.41) is 1.30. The monoisotopic (exact) mass is 285 g/mol. The fourth-order valence-electron chi connectivity index (χ4n) is 8.88. The van der Waals surface area contributed by atoms with Crippen molar-refractivity contribution < 1.29 is 4.39 Å². The van der Waals surface area contributed by atoms with Crippen LogP contribution in [0.1, 0.15) is 48.2 Å². The van der Waals surface area contributed by atoms with Crippen molar-refractivity contribution in [1.29, 1.82) is 0 Å². The van der Waals surface area contributed by atoms with E-state index in [9.17, 15) is 0 Å². The lowest BCUT2D eigenvalue weighted by atomic mass is 9.38. The van der Waals surface area contributed by atoms with E-state index in [0.29, 0.717) is 16.7 Å². The molecule has 0 aromatic carbocycles. The summed E-state index contributed by atoms with van der Waals surface area (Å²) in [6.45, 7) is 2.41. The van der Waals surface area contributed by atoms with Crippen LogP contribution in [0.2, 0.25) is 0 Å². The Hall–Kier alpha value is -0.700. The molecule has 6 atom stereocenters. The molecule has 6 unspecified atom stereocenters. The molecule has 4 saturated carbocycles. The van der Waals surface area contributed by atoms with E-state index in [4.69, 9.17) is 4.98 Å². The number of halogens is 1. The van der Waals surface area contributed by atoms with Gasteiger partial charge in [0, 0.05) is 11.8 Å². The van der Waals surface area contributed by atoms with Crippen molar-refractivity contribution in [2.24, 2.45) is 28.1 Å². The summed E-state index contributed by atoms with van der Waals surface area (Å²) in [5.41, 5.74) is 1.90. The summed E-state index contributed by atoms with van der Waals surface area (Å²) in [4.78, 5) is 6.11. The topological polar surface area (TPSA) is 12.9 Å². The van der Waals surface area contributed by atoms with Gasteiger partial charge in [-0.2, -0.15) is 0 Å². The van der Waals surface area contributed by atoms with Crippen LogP contribution in [-0.2, 0) is 11.8 Å². The molecule has 1 aromatic heterocycles. The molecule has 0 N–H and O–H groups in total. The molecule has 1 aromatic rings. The molecule has 4 fully saturated rings. The van der Waals surface area contributed by atoms with Crippen molar-refractivity contribution in [2.45, 2.75) is 44.4 Å². The van der Waals surface area contributed by atoms with Crippen LogP contribution in [0.4, 0.5) is 4.39 Å². The average molecular weight is 285 g/mol. The molecule has 5 aliphatic carbocycles. The predicted molar refractivity (Wildman–Crippen MR) is 75.0 cm³/mol. The third kappa shape index (κ3) is 0.496. The quantitative estimate of drug-likeness (QED) is 0.699. The van der Waals surface area contributed by atoms with Gasteiger partial charge in [-0.25, -0.2) is 9.37 Å². The SMILES string of the molecule is CC1CCC23Cc4nc5c(s4)C=C(F)C54C5(CCC25)C134. The second-order valence-corrected chi connectivity index (χ2v) is 9.32. The highest BCUT2D eigenvalue weighted by Crippen LogP contribution is 3.09. The van der Waals surface area contributed by atoms with Crippen molar-refractivity contribution >= 4 is 17.4 Å². The number of hydrogen-bond acceptors (Lipinski definition) is 2. The first kappa shape index (κ1) is 10.1. The number of nitrogens with zero attached hydrogens (tertiary/aromatic N) is 1. The van der Waals surface area contributed by atoms with Crippen molar-refractivity contribution in [3.05, 3.63) is 21.4 Å². The van der Waals surface area contributed by atoms with Crippen LogP contribution >= 0.6 is 11.3 Å². The van der Waals surface area contributed by atoms with E-state index in [1.807, 2.05) is 6.08 Å². The van der Waals surface area contributed by atoms with Gasteiger partial charge in [0.25, 0.3) is 0 Å². The molecule has 2 bridgehead atoms.